The van der Waals surface area contributed by atoms with Gasteiger partial charge in [-0.3, -0.25) is 9.10 Å². The summed E-state index contributed by atoms with van der Waals surface area (Å²) in [7, 11) is -3.87. The van der Waals surface area contributed by atoms with E-state index in [1.165, 1.54) is 11.4 Å². The summed E-state index contributed by atoms with van der Waals surface area (Å²) in [6, 6.07) is 13.2. The molecule has 5 rings (SSSR count). The number of hydrogen-bond acceptors (Lipinski definition) is 5. The number of hydrogen-bond donors (Lipinski definition) is 1. The molecule has 1 N–H and O–H groups in total. The monoisotopic (exact) mass is 457 g/mol. The summed E-state index contributed by atoms with van der Waals surface area (Å²) in [6.07, 6.45) is 0. The van der Waals surface area contributed by atoms with Gasteiger partial charge in [-0.25, -0.2) is 22.2 Å². The molecule has 0 radical (unpaired) electrons. The summed E-state index contributed by atoms with van der Waals surface area (Å²) in [5, 5.41) is 5.51. The minimum absolute atomic E-state index is 0.0269. The highest BCUT2D eigenvalue weighted by Crippen LogP contribution is 2.41. The number of sulfonamides is 1. The number of rotatable bonds is 4. The van der Waals surface area contributed by atoms with E-state index in [0.717, 1.165) is 39.2 Å². The molecule has 10 heteroatoms. The SMILES string of the molecule is O=C(CN1c2cccc3cccc(c23)S1(=O)=O)Nc1nc(-c2cc(F)ccc2F)cs1. The Bertz CT molecular complexity index is 1460. The first-order valence-corrected chi connectivity index (χ1v) is 11.4. The smallest absolute Gasteiger partial charge is 0.265 e. The number of carbonyl (C=O) groups excluding carboxylic acids is 1. The standard InChI is InChI=1S/C21H13F2N3O3S2/c22-13-7-8-15(23)14(9-13)16-11-30-21(24-16)25-19(27)10-26-17-5-1-3-12-4-2-6-18(20(12)17)31(26,28)29/h1-9,11H,10H2,(H,24,25,27). The number of nitrogens with zero attached hydrogens (tertiary/aromatic N) is 2. The molecule has 0 spiro atoms. The largest absolute Gasteiger partial charge is 0.300 e. The minimum Gasteiger partial charge on any atom is -0.300 e. The van der Waals surface area contributed by atoms with E-state index in [1.807, 2.05) is 12.1 Å². The van der Waals surface area contributed by atoms with Crippen LogP contribution in [0, 0.1) is 11.6 Å². The molecule has 0 atom stereocenters. The predicted octanol–water partition coefficient (Wildman–Crippen LogP) is 4.39. The maximum Gasteiger partial charge on any atom is 0.265 e. The zero-order valence-electron chi connectivity index (χ0n) is 15.7. The van der Waals surface area contributed by atoms with Gasteiger partial charge < -0.3 is 5.32 Å². The number of carbonyl (C=O) groups is 1. The summed E-state index contributed by atoms with van der Waals surface area (Å²) in [5.41, 5.74) is 0.578. The van der Waals surface area contributed by atoms with Crippen LogP contribution in [-0.2, 0) is 14.8 Å². The van der Waals surface area contributed by atoms with Crippen molar-refractivity contribution in [3.8, 4) is 11.3 Å². The fourth-order valence-corrected chi connectivity index (χ4v) is 5.96. The van der Waals surface area contributed by atoms with Gasteiger partial charge in [-0.05, 0) is 35.7 Å². The highest BCUT2D eigenvalue weighted by Gasteiger charge is 2.36. The first kappa shape index (κ1) is 19.6. The van der Waals surface area contributed by atoms with E-state index in [0.29, 0.717) is 11.1 Å². The molecule has 0 fully saturated rings. The molecule has 1 aliphatic heterocycles. The molecule has 156 valence electrons. The van der Waals surface area contributed by atoms with Gasteiger partial charge in [-0.1, -0.05) is 24.3 Å². The zero-order valence-corrected chi connectivity index (χ0v) is 17.3. The molecular weight excluding hydrogens is 444 g/mol. The second kappa shape index (κ2) is 7.10. The summed E-state index contributed by atoms with van der Waals surface area (Å²) in [4.78, 5) is 16.9. The summed E-state index contributed by atoms with van der Waals surface area (Å²) < 4.78 is 54.4. The lowest BCUT2D eigenvalue weighted by atomic mass is 10.1. The normalized spacial score (nSPS) is 14.2. The van der Waals surface area contributed by atoms with Crippen LogP contribution in [0.25, 0.3) is 22.0 Å². The van der Waals surface area contributed by atoms with E-state index in [1.54, 1.807) is 18.2 Å². The van der Waals surface area contributed by atoms with Crippen molar-refractivity contribution >= 4 is 48.9 Å². The third-order valence-electron chi connectivity index (χ3n) is 4.92. The lowest BCUT2D eigenvalue weighted by Crippen LogP contribution is -2.35. The minimum atomic E-state index is -3.87. The third-order valence-corrected chi connectivity index (χ3v) is 7.48. The lowest BCUT2D eigenvalue weighted by Gasteiger charge is -2.17. The molecule has 0 saturated carbocycles. The Kier molecular flexibility index (Phi) is 4.49. The van der Waals surface area contributed by atoms with Crippen LogP contribution in [0.5, 0.6) is 0 Å². The summed E-state index contributed by atoms with van der Waals surface area (Å²) in [5.74, 6) is -1.85. The first-order valence-electron chi connectivity index (χ1n) is 9.10. The first-order chi connectivity index (χ1) is 14.8. The van der Waals surface area contributed by atoms with E-state index < -0.39 is 34.1 Å². The van der Waals surface area contributed by atoms with Crippen LogP contribution in [0.4, 0.5) is 19.6 Å². The Balaban J connectivity index is 1.39. The topological polar surface area (TPSA) is 79.4 Å². The van der Waals surface area contributed by atoms with Crippen LogP contribution in [-0.4, -0.2) is 25.9 Å². The Labute approximate surface area is 179 Å². The van der Waals surface area contributed by atoms with Gasteiger partial charge in [0.1, 0.15) is 18.2 Å². The molecule has 0 bridgehead atoms. The average Bonchev–Trinajstić information content (AvgIpc) is 3.28. The maximum atomic E-state index is 14.0. The van der Waals surface area contributed by atoms with Crippen LogP contribution >= 0.6 is 11.3 Å². The van der Waals surface area contributed by atoms with E-state index in [4.69, 9.17) is 0 Å². The van der Waals surface area contributed by atoms with E-state index in [2.05, 4.69) is 10.3 Å². The Morgan fingerprint density at radius 3 is 2.68 bits per heavy atom. The van der Waals surface area contributed by atoms with Crippen molar-refractivity contribution in [2.45, 2.75) is 4.90 Å². The predicted molar refractivity (Wildman–Crippen MR) is 115 cm³/mol. The second-order valence-corrected chi connectivity index (χ2v) is 9.54. The molecule has 1 aromatic heterocycles. The second-order valence-electron chi connectivity index (χ2n) is 6.85. The molecule has 4 aromatic rings. The molecule has 1 amide bonds. The summed E-state index contributed by atoms with van der Waals surface area (Å²) >= 11 is 1.03. The fraction of sp³-hybridized carbons (Fsp3) is 0.0476. The van der Waals surface area contributed by atoms with Gasteiger partial charge in [0.2, 0.25) is 5.91 Å². The van der Waals surface area contributed by atoms with Gasteiger partial charge in [-0.2, -0.15) is 0 Å². The molecular formula is C21H13F2N3O3S2. The molecule has 0 saturated heterocycles. The van der Waals surface area contributed by atoms with Crippen molar-refractivity contribution in [3.05, 3.63) is 71.6 Å². The van der Waals surface area contributed by atoms with Crippen molar-refractivity contribution < 1.29 is 22.0 Å². The van der Waals surface area contributed by atoms with Gasteiger partial charge in [0, 0.05) is 16.3 Å². The lowest BCUT2D eigenvalue weighted by molar-refractivity contribution is -0.114. The van der Waals surface area contributed by atoms with Gasteiger partial charge in [-0.15, -0.1) is 11.3 Å². The number of aromatic nitrogens is 1. The van der Waals surface area contributed by atoms with Crippen molar-refractivity contribution in [3.63, 3.8) is 0 Å². The van der Waals surface area contributed by atoms with Crippen LogP contribution in [0.3, 0.4) is 0 Å². The number of amides is 1. The maximum absolute atomic E-state index is 14.0. The molecule has 3 aromatic carbocycles. The number of nitrogens with one attached hydrogen (secondary N) is 1. The molecule has 1 aliphatic rings. The Morgan fingerprint density at radius 1 is 1.10 bits per heavy atom. The van der Waals surface area contributed by atoms with Gasteiger partial charge >= 0.3 is 0 Å². The van der Waals surface area contributed by atoms with E-state index in [9.17, 15) is 22.0 Å². The Morgan fingerprint density at radius 2 is 1.87 bits per heavy atom. The van der Waals surface area contributed by atoms with Crippen molar-refractivity contribution in [1.29, 1.82) is 0 Å². The third kappa shape index (κ3) is 3.24. The zero-order chi connectivity index (χ0) is 21.8. The molecule has 6 nitrogen and oxygen atoms in total. The molecule has 2 heterocycles. The van der Waals surface area contributed by atoms with E-state index >= 15 is 0 Å². The van der Waals surface area contributed by atoms with Crippen LogP contribution in [0.15, 0.2) is 64.9 Å². The molecule has 0 unspecified atom stereocenters. The quantitative estimate of drug-likeness (QED) is 0.493. The van der Waals surface area contributed by atoms with Crippen molar-refractivity contribution in [2.75, 3.05) is 16.2 Å². The highest BCUT2D eigenvalue weighted by atomic mass is 32.2. The summed E-state index contributed by atoms with van der Waals surface area (Å²) in [6.45, 7) is -0.445. The number of thiazole rings is 1. The fourth-order valence-electron chi connectivity index (χ4n) is 3.57. The van der Waals surface area contributed by atoms with Crippen LogP contribution in [0.2, 0.25) is 0 Å². The number of anilines is 2. The van der Waals surface area contributed by atoms with Gasteiger partial charge in [0.25, 0.3) is 10.0 Å². The van der Waals surface area contributed by atoms with Crippen molar-refractivity contribution in [2.24, 2.45) is 0 Å². The van der Waals surface area contributed by atoms with Crippen molar-refractivity contribution in [1.82, 2.24) is 4.98 Å². The number of benzene rings is 3. The van der Waals surface area contributed by atoms with Crippen LogP contribution in [0.1, 0.15) is 0 Å². The van der Waals surface area contributed by atoms with Gasteiger partial charge in [0.15, 0.2) is 5.13 Å². The van der Waals surface area contributed by atoms with Crippen LogP contribution < -0.4 is 9.62 Å². The number of halogens is 2. The van der Waals surface area contributed by atoms with Gasteiger partial charge in [0.05, 0.1) is 16.3 Å². The average molecular weight is 457 g/mol. The van der Waals surface area contributed by atoms with E-state index in [-0.39, 0.29) is 21.3 Å². The Hall–Kier alpha value is -3.37. The molecule has 0 aliphatic carbocycles. The molecule has 31 heavy (non-hydrogen) atoms. The highest BCUT2D eigenvalue weighted by molar-refractivity contribution is 7.93.